The standard InChI is InChI=1S/C32H33N5O/c1-4-38-27-15-13-26(14-16-27)37-21-28(25-10-6-5-7-11-25)30-31(33-22-34-32(30)37)36-19-17-35(18-20-36)29-12-8-9-23(2)24(29)3/h5-16,21-22H,4,17-20H2,1-3H3. The van der Waals surface area contributed by atoms with Crippen molar-refractivity contribution in [3.05, 3.63) is 96.4 Å². The van der Waals surface area contributed by atoms with Gasteiger partial charge in [-0.05, 0) is 67.8 Å². The van der Waals surface area contributed by atoms with E-state index in [9.17, 15) is 0 Å². The lowest BCUT2D eigenvalue weighted by Gasteiger charge is -2.37. The van der Waals surface area contributed by atoms with Crippen LogP contribution < -0.4 is 14.5 Å². The van der Waals surface area contributed by atoms with Gasteiger partial charge in [-0.3, -0.25) is 0 Å². The first-order valence-electron chi connectivity index (χ1n) is 13.3. The number of hydrogen-bond acceptors (Lipinski definition) is 5. The predicted octanol–water partition coefficient (Wildman–Crippen LogP) is 6.43. The van der Waals surface area contributed by atoms with E-state index in [1.165, 1.54) is 16.8 Å². The zero-order valence-corrected chi connectivity index (χ0v) is 22.3. The Bertz CT molecular complexity index is 1550. The summed E-state index contributed by atoms with van der Waals surface area (Å²) in [6, 6.07) is 25.3. The summed E-state index contributed by atoms with van der Waals surface area (Å²) in [5.74, 6) is 1.87. The Morgan fingerprint density at radius 2 is 1.53 bits per heavy atom. The Labute approximate surface area is 224 Å². The molecule has 1 saturated heterocycles. The van der Waals surface area contributed by atoms with Crippen molar-refractivity contribution in [3.63, 3.8) is 0 Å². The second-order valence-electron chi connectivity index (χ2n) is 9.79. The molecule has 38 heavy (non-hydrogen) atoms. The van der Waals surface area contributed by atoms with E-state index in [1.54, 1.807) is 6.33 Å². The second kappa shape index (κ2) is 10.2. The molecule has 0 amide bonds. The number of hydrogen-bond donors (Lipinski definition) is 0. The molecule has 0 aliphatic carbocycles. The van der Waals surface area contributed by atoms with E-state index in [2.05, 4.69) is 95.1 Å². The molecule has 192 valence electrons. The van der Waals surface area contributed by atoms with Crippen LogP contribution in [-0.4, -0.2) is 47.3 Å². The summed E-state index contributed by atoms with van der Waals surface area (Å²) in [4.78, 5) is 14.6. The molecule has 3 heterocycles. The summed E-state index contributed by atoms with van der Waals surface area (Å²) in [5.41, 5.74) is 8.30. The molecular weight excluding hydrogens is 470 g/mol. The average molecular weight is 504 g/mol. The summed E-state index contributed by atoms with van der Waals surface area (Å²) < 4.78 is 7.84. The summed E-state index contributed by atoms with van der Waals surface area (Å²) in [6.45, 7) is 10.8. The van der Waals surface area contributed by atoms with E-state index < -0.39 is 0 Å². The van der Waals surface area contributed by atoms with Crippen molar-refractivity contribution in [1.29, 1.82) is 0 Å². The van der Waals surface area contributed by atoms with Gasteiger partial charge >= 0.3 is 0 Å². The van der Waals surface area contributed by atoms with Gasteiger partial charge in [-0.2, -0.15) is 0 Å². The van der Waals surface area contributed by atoms with Crippen LogP contribution in [0.1, 0.15) is 18.1 Å². The normalized spacial score (nSPS) is 13.8. The summed E-state index contributed by atoms with van der Waals surface area (Å²) in [5, 5.41) is 1.09. The van der Waals surface area contributed by atoms with Crippen molar-refractivity contribution in [2.75, 3.05) is 42.6 Å². The Hall–Kier alpha value is -4.32. The van der Waals surface area contributed by atoms with Crippen molar-refractivity contribution in [2.24, 2.45) is 0 Å². The quantitative estimate of drug-likeness (QED) is 0.267. The van der Waals surface area contributed by atoms with Gasteiger partial charge in [0.25, 0.3) is 0 Å². The van der Waals surface area contributed by atoms with Gasteiger partial charge in [0.2, 0.25) is 0 Å². The maximum absolute atomic E-state index is 5.67. The molecule has 6 rings (SSSR count). The van der Waals surface area contributed by atoms with E-state index in [-0.39, 0.29) is 0 Å². The van der Waals surface area contributed by atoms with Crippen LogP contribution in [0.4, 0.5) is 11.5 Å². The zero-order chi connectivity index (χ0) is 26.1. The van der Waals surface area contributed by atoms with Crippen molar-refractivity contribution in [2.45, 2.75) is 20.8 Å². The Morgan fingerprint density at radius 1 is 0.789 bits per heavy atom. The topological polar surface area (TPSA) is 46.4 Å². The molecule has 2 aromatic heterocycles. The minimum Gasteiger partial charge on any atom is -0.494 e. The van der Waals surface area contributed by atoms with E-state index in [4.69, 9.17) is 14.7 Å². The molecule has 6 nitrogen and oxygen atoms in total. The molecule has 0 spiro atoms. The van der Waals surface area contributed by atoms with Gasteiger partial charge in [0.05, 0.1) is 12.0 Å². The summed E-state index contributed by atoms with van der Waals surface area (Å²) >= 11 is 0. The number of nitrogens with zero attached hydrogens (tertiary/aromatic N) is 5. The number of rotatable bonds is 6. The highest BCUT2D eigenvalue weighted by Crippen LogP contribution is 2.37. The molecule has 3 aromatic carbocycles. The van der Waals surface area contributed by atoms with Crippen LogP contribution in [-0.2, 0) is 0 Å². The van der Waals surface area contributed by atoms with Crippen molar-refractivity contribution in [1.82, 2.24) is 14.5 Å². The van der Waals surface area contributed by atoms with Crippen LogP contribution in [0.5, 0.6) is 5.75 Å². The summed E-state index contributed by atoms with van der Waals surface area (Å²) in [7, 11) is 0. The van der Waals surface area contributed by atoms with E-state index in [0.717, 1.165) is 65.6 Å². The van der Waals surface area contributed by atoms with E-state index >= 15 is 0 Å². The second-order valence-corrected chi connectivity index (χ2v) is 9.79. The fourth-order valence-electron chi connectivity index (χ4n) is 5.43. The van der Waals surface area contributed by atoms with Gasteiger partial charge in [-0.1, -0.05) is 42.5 Å². The highest BCUT2D eigenvalue weighted by Gasteiger charge is 2.25. The van der Waals surface area contributed by atoms with Crippen LogP contribution in [0.15, 0.2) is 85.3 Å². The Morgan fingerprint density at radius 3 is 2.26 bits per heavy atom. The minimum absolute atomic E-state index is 0.650. The molecule has 0 bridgehead atoms. The third kappa shape index (κ3) is 4.36. The SMILES string of the molecule is CCOc1ccc(-n2cc(-c3ccccc3)c3c(N4CCN(c5cccc(C)c5C)CC4)ncnc32)cc1. The first-order valence-corrected chi connectivity index (χ1v) is 13.3. The first-order chi connectivity index (χ1) is 18.6. The van der Waals surface area contributed by atoms with Gasteiger partial charge in [0.15, 0.2) is 5.65 Å². The number of benzene rings is 3. The monoisotopic (exact) mass is 503 g/mol. The van der Waals surface area contributed by atoms with Crippen molar-refractivity contribution < 1.29 is 4.74 Å². The Balaban J connectivity index is 1.40. The zero-order valence-electron chi connectivity index (χ0n) is 22.3. The lowest BCUT2D eigenvalue weighted by molar-refractivity contribution is 0.340. The molecule has 0 unspecified atom stereocenters. The smallest absolute Gasteiger partial charge is 0.150 e. The molecule has 6 heteroatoms. The number of anilines is 2. The maximum atomic E-state index is 5.67. The minimum atomic E-state index is 0.650. The molecule has 0 N–H and O–H groups in total. The van der Waals surface area contributed by atoms with E-state index in [1.807, 2.05) is 19.1 Å². The third-order valence-corrected chi connectivity index (χ3v) is 7.57. The third-order valence-electron chi connectivity index (χ3n) is 7.57. The molecule has 1 aliphatic rings. The Kier molecular flexibility index (Phi) is 6.46. The van der Waals surface area contributed by atoms with Crippen molar-refractivity contribution >= 4 is 22.5 Å². The number of aromatic nitrogens is 3. The van der Waals surface area contributed by atoms with Crippen LogP contribution in [0, 0.1) is 13.8 Å². The molecule has 0 saturated carbocycles. The molecule has 0 radical (unpaired) electrons. The van der Waals surface area contributed by atoms with E-state index in [0.29, 0.717) is 6.61 Å². The highest BCUT2D eigenvalue weighted by molar-refractivity contribution is 6.02. The first kappa shape index (κ1) is 24.0. The largest absolute Gasteiger partial charge is 0.494 e. The maximum Gasteiger partial charge on any atom is 0.150 e. The van der Waals surface area contributed by atoms with Gasteiger partial charge in [0.1, 0.15) is 17.9 Å². The van der Waals surface area contributed by atoms with Crippen LogP contribution in [0.25, 0.3) is 27.8 Å². The van der Waals surface area contributed by atoms with Gasteiger partial charge in [0, 0.05) is 49.3 Å². The van der Waals surface area contributed by atoms with Crippen LogP contribution in [0.2, 0.25) is 0 Å². The molecular formula is C32H33N5O. The average Bonchev–Trinajstić information content (AvgIpc) is 3.36. The van der Waals surface area contributed by atoms with Gasteiger partial charge in [-0.25, -0.2) is 9.97 Å². The fraction of sp³-hybridized carbons (Fsp3) is 0.250. The number of aryl methyl sites for hydroxylation is 1. The fourth-order valence-corrected chi connectivity index (χ4v) is 5.43. The highest BCUT2D eigenvalue weighted by atomic mass is 16.5. The number of ether oxygens (including phenoxy) is 1. The van der Waals surface area contributed by atoms with Crippen molar-refractivity contribution in [3.8, 4) is 22.6 Å². The molecule has 0 atom stereocenters. The lowest BCUT2D eigenvalue weighted by Crippen LogP contribution is -2.47. The molecule has 1 aliphatic heterocycles. The van der Waals surface area contributed by atoms with Gasteiger partial charge < -0.3 is 19.1 Å². The number of fused-ring (bicyclic) bond motifs is 1. The molecule has 5 aromatic rings. The summed E-state index contributed by atoms with van der Waals surface area (Å²) in [6.07, 6.45) is 3.90. The van der Waals surface area contributed by atoms with Crippen LogP contribution in [0.3, 0.4) is 0 Å². The van der Waals surface area contributed by atoms with Crippen LogP contribution >= 0.6 is 0 Å². The van der Waals surface area contributed by atoms with Gasteiger partial charge in [-0.15, -0.1) is 0 Å². The molecule has 1 fully saturated rings. The number of piperazine rings is 1. The predicted molar refractivity (Wildman–Crippen MR) is 156 cm³/mol. The lowest BCUT2D eigenvalue weighted by atomic mass is 10.1.